The predicted octanol–water partition coefficient (Wildman–Crippen LogP) is 0.623. The van der Waals surface area contributed by atoms with Crippen molar-refractivity contribution in [1.82, 2.24) is 9.78 Å². The van der Waals surface area contributed by atoms with Crippen LogP contribution in [0.4, 0.5) is 10.1 Å². The van der Waals surface area contributed by atoms with Gasteiger partial charge in [0.15, 0.2) is 5.69 Å². The average molecular weight is 259 g/mol. The van der Waals surface area contributed by atoms with E-state index in [1.54, 1.807) is 0 Å². The maximum atomic E-state index is 13.6. The highest BCUT2D eigenvalue weighted by Crippen LogP contribution is 2.14. The second kappa shape index (κ2) is 4.78. The number of amides is 1. The lowest BCUT2D eigenvalue weighted by Gasteiger charge is -2.03. The van der Waals surface area contributed by atoms with Crippen LogP contribution in [0.2, 0.25) is 0 Å². The molecule has 0 bridgehead atoms. The van der Waals surface area contributed by atoms with E-state index in [0.717, 1.165) is 0 Å². The SMILES string of the molecule is N#Cc1ccc(F)c(Cn2cc(N)c(C(N)=O)n2)c1. The number of carbonyl (C=O) groups is 1. The van der Waals surface area contributed by atoms with Crippen LogP contribution in [0.25, 0.3) is 0 Å². The molecule has 2 aromatic rings. The normalized spacial score (nSPS) is 10.1. The van der Waals surface area contributed by atoms with Gasteiger partial charge in [-0.3, -0.25) is 9.48 Å². The molecule has 0 fully saturated rings. The molecule has 0 aliphatic carbocycles. The standard InChI is InChI=1S/C12H10FN5O/c13-9-2-1-7(4-14)3-8(9)5-18-6-10(15)11(17-18)12(16)19/h1-3,6H,5,15H2,(H2,16,19). The van der Waals surface area contributed by atoms with E-state index in [0.29, 0.717) is 5.56 Å². The summed E-state index contributed by atoms with van der Waals surface area (Å²) in [4.78, 5) is 11.0. The second-order valence-electron chi connectivity index (χ2n) is 3.91. The number of hydrogen-bond acceptors (Lipinski definition) is 4. The molecule has 0 radical (unpaired) electrons. The van der Waals surface area contributed by atoms with Gasteiger partial charge in [-0.05, 0) is 18.2 Å². The molecular weight excluding hydrogens is 249 g/mol. The Morgan fingerprint density at radius 1 is 1.53 bits per heavy atom. The fourth-order valence-corrected chi connectivity index (χ4v) is 1.65. The summed E-state index contributed by atoms with van der Waals surface area (Å²) in [6, 6.07) is 5.92. The summed E-state index contributed by atoms with van der Waals surface area (Å²) in [5.41, 5.74) is 11.3. The van der Waals surface area contributed by atoms with Gasteiger partial charge in [-0.15, -0.1) is 0 Å². The zero-order valence-electron chi connectivity index (χ0n) is 9.80. The number of benzene rings is 1. The van der Waals surface area contributed by atoms with Gasteiger partial charge in [0.05, 0.1) is 23.9 Å². The van der Waals surface area contributed by atoms with Crippen LogP contribution in [-0.4, -0.2) is 15.7 Å². The van der Waals surface area contributed by atoms with Crippen LogP contribution in [0, 0.1) is 17.1 Å². The first-order chi connectivity index (χ1) is 9.01. The Morgan fingerprint density at radius 3 is 2.84 bits per heavy atom. The number of nitrogen functional groups attached to an aromatic ring is 1. The zero-order chi connectivity index (χ0) is 14.0. The van der Waals surface area contributed by atoms with Gasteiger partial charge < -0.3 is 11.5 Å². The highest BCUT2D eigenvalue weighted by Gasteiger charge is 2.12. The van der Waals surface area contributed by atoms with Crippen molar-refractivity contribution in [2.45, 2.75) is 6.54 Å². The molecule has 1 heterocycles. The third-order valence-corrected chi connectivity index (χ3v) is 2.53. The number of nitrogens with two attached hydrogens (primary N) is 2. The van der Waals surface area contributed by atoms with Crippen molar-refractivity contribution in [2.24, 2.45) is 5.73 Å². The molecule has 96 valence electrons. The number of rotatable bonds is 3. The molecule has 0 aliphatic rings. The lowest BCUT2D eigenvalue weighted by molar-refractivity contribution is 0.0995. The van der Waals surface area contributed by atoms with Crippen molar-refractivity contribution in [3.63, 3.8) is 0 Å². The van der Waals surface area contributed by atoms with Crippen LogP contribution in [0.15, 0.2) is 24.4 Å². The molecule has 7 heteroatoms. The minimum Gasteiger partial charge on any atom is -0.396 e. The van der Waals surface area contributed by atoms with Crippen LogP contribution in [-0.2, 0) is 6.54 Å². The largest absolute Gasteiger partial charge is 0.396 e. The number of nitrogens with zero attached hydrogens (tertiary/aromatic N) is 3. The molecular formula is C12H10FN5O. The Hall–Kier alpha value is -2.88. The summed E-state index contributed by atoms with van der Waals surface area (Å²) in [5.74, 6) is -1.21. The average Bonchev–Trinajstić information content (AvgIpc) is 2.73. The van der Waals surface area contributed by atoms with Crippen LogP contribution < -0.4 is 11.5 Å². The minimum atomic E-state index is -0.748. The van der Waals surface area contributed by atoms with E-state index >= 15 is 0 Å². The van der Waals surface area contributed by atoms with Crippen LogP contribution >= 0.6 is 0 Å². The maximum absolute atomic E-state index is 13.6. The van der Waals surface area contributed by atoms with E-state index in [9.17, 15) is 9.18 Å². The fourth-order valence-electron chi connectivity index (χ4n) is 1.65. The fraction of sp³-hybridized carbons (Fsp3) is 0.0833. The molecule has 0 atom stereocenters. The van der Waals surface area contributed by atoms with Gasteiger partial charge in [0.25, 0.3) is 5.91 Å². The van der Waals surface area contributed by atoms with E-state index in [1.807, 2.05) is 6.07 Å². The van der Waals surface area contributed by atoms with Crippen LogP contribution in [0.1, 0.15) is 21.6 Å². The number of aromatic nitrogens is 2. The summed E-state index contributed by atoms with van der Waals surface area (Å²) in [5, 5.41) is 12.6. The quantitative estimate of drug-likeness (QED) is 0.841. The molecule has 1 aromatic heterocycles. The Bertz CT molecular complexity index is 686. The Labute approximate surface area is 108 Å². The molecule has 1 amide bonds. The first kappa shape index (κ1) is 12.6. The van der Waals surface area contributed by atoms with Crippen molar-refractivity contribution in [2.75, 3.05) is 5.73 Å². The van der Waals surface area contributed by atoms with Crippen molar-refractivity contribution in [1.29, 1.82) is 5.26 Å². The third kappa shape index (κ3) is 2.52. The summed E-state index contributed by atoms with van der Waals surface area (Å²) < 4.78 is 14.9. The molecule has 19 heavy (non-hydrogen) atoms. The van der Waals surface area contributed by atoms with Gasteiger partial charge in [-0.2, -0.15) is 10.4 Å². The van der Waals surface area contributed by atoms with Crippen molar-refractivity contribution in [3.05, 3.63) is 47.0 Å². The van der Waals surface area contributed by atoms with Crippen LogP contribution in [0.5, 0.6) is 0 Å². The van der Waals surface area contributed by atoms with E-state index < -0.39 is 11.7 Å². The number of carbonyl (C=O) groups excluding carboxylic acids is 1. The van der Waals surface area contributed by atoms with Gasteiger partial charge in [0.2, 0.25) is 0 Å². The number of primary amides is 1. The number of anilines is 1. The Kier molecular flexibility index (Phi) is 3.16. The molecule has 0 saturated heterocycles. The first-order valence-corrected chi connectivity index (χ1v) is 5.32. The molecule has 2 rings (SSSR count). The summed E-state index contributed by atoms with van der Waals surface area (Å²) in [7, 11) is 0. The predicted molar refractivity (Wildman–Crippen MR) is 65.4 cm³/mol. The molecule has 6 nitrogen and oxygen atoms in total. The molecule has 0 spiro atoms. The lowest BCUT2D eigenvalue weighted by atomic mass is 10.1. The van der Waals surface area contributed by atoms with Gasteiger partial charge in [-0.1, -0.05) is 0 Å². The lowest BCUT2D eigenvalue weighted by Crippen LogP contribution is -2.14. The third-order valence-electron chi connectivity index (χ3n) is 2.53. The maximum Gasteiger partial charge on any atom is 0.271 e. The molecule has 0 unspecified atom stereocenters. The van der Waals surface area contributed by atoms with E-state index in [2.05, 4.69) is 5.10 Å². The zero-order valence-corrected chi connectivity index (χ0v) is 9.80. The Morgan fingerprint density at radius 2 is 2.26 bits per heavy atom. The molecule has 0 aliphatic heterocycles. The summed E-state index contributed by atoms with van der Waals surface area (Å²) in [6.07, 6.45) is 1.39. The number of hydrogen-bond donors (Lipinski definition) is 2. The Balaban J connectivity index is 2.34. The molecule has 1 aromatic carbocycles. The van der Waals surface area contributed by atoms with Gasteiger partial charge in [0.1, 0.15) is 5.82 Å². The van der Waals surface area contributed by atoms with Crippen molar-refractivity contribution in [3.8, 4) is 6.07 Å². The van der Waals surface area contributed by atoms with Gasteiger partial charge in [-0.25, -0.2) is 4.39 Å². The van der Waals surface area contributed by atoms with Crippen molar-refractivity contribution >= 4 is 11.6 Å². The second-order valence-corrected chi connectivity index (χ2v) is 3.91. The van der Waals surface area contributed by atoms with E-state index in [1.165, 1.54) is 29.1 Å². The van der Waals surface area contributed by atoms with Crippen molar-refractivity contribution < 1.29 is 9.18 Å². The summed E-state index contributed by atoms with van der Waals surface area (Å²) in [6.45, 7) is 0.0544. The van der Waals surface area contributed by atoms with E-state index in [-0.39, 0.29) is 23.5 Å². The molecule has 4 N–H and O–H groups in total. The smallest absolute Gasteiger partial charge is 0.271 e. The summed E-state index contributed by atoms with van der Waals surface area (Å²) >= 11 is 0. The number of halogens is 1. The molecule has 0 saturated carbocycles. The van der Waals surface area contributed by atoms with Gasteiger partial charge in [0, 0.05) is 11.8 Å². The first-order valence-electron chi connectivity index (χ1n) is 5.32. The topological polar surface area (TPSA) is 111 Å². The minimum absolute atomic E-state index is 0.0544. The van der Waals surface area contributed by atoms with Gasteiger partial charge >= 0.3 is 0 Å². The monoisotopic (exact) mass is 259 g/mol. The van der Waals surface area contributed by atoms with E-state index in [4.69, 9.17) is 16.7 Å². The number of nitriles is 1. The highest BCUT2D eigenvalue weighted by molar-refractivity contribution is 5.95. The highest BCUT2D eigenvalue weighted by atomic mass is 19.1. The van der Waals surface area contributed by atoms with Crippen LogP contribution in [0.3, 0.4) is 0 Å².